The van der Waals surface area contributed by atoms with Gasteiger partial charge in [0, 0.05) is 6.42 Å². The van der Waals surface area contributed by atoms with Gasteiger partial charge in [-0.15, -0.1) is 0 Å². The summed E-state index contributed by atoms with van der Waals surface area (Å²) in [5, 5.41) is 8.90. The third-order valence-electron chi connectivity index (χ3n) is 5.09. The van der Waals surface area contributed by atoms with Gasteiger partial charge in [-0.3, -0.25) is 4.79 Å². The number of aliphatic carboxylic acids is 1. The second-order valence-electron chi connectivity index (χ2n) is 6.67. The highest BCUT2D eigenvalue weighted by Gasteiger charge is 2.25. The molecule has 0 aromatic rings. The van der Waals surface area contributed by atoms with Crippen molar-refractivity contribution in [1.29, 1.82) is 0 Å². The molecule has 0 saturated carbocycles. The Kier molecular flexibility index (Phi) is 13.3. The maximum atomic E-state index is 10.8. The van der Waals surface area contributed by atoms with Crippen molar-refractivity contribution in [2.75, 3.05) is 0 Å². The number of carbonyl (C=O) groups is 1. The van der Waals surface area contributed by atoms with E-state index >= 15 is 0 Å². The zero-order chi connectivity index (χ0) is 16.7. The van der Waals surface area contributed by atoms with Crippen molar-refractivity contribution in [3.05, 3.63) is 12.2 Å². The van der Waals surface area contributed by atoms with Crippen LogP contribution in [0.25, 0.3) is 0 Å². The van der Waals surface area contributed by atoms with Crippen LogP contribution in [-0.2, 0) is 4.79 Å². The average Bonchev–Trinajstić information content (AvgIpc) is 2.52. The Labute approximate surface area is 138 Å². The number of allylic oxidation sites excluding steroid dienone is 2. The van der Waals surface area contributed by atoms with Gasteiger partial charge in [-0.1, -0.05) is 71.4 Å². The molecule has 0 bridgehead atoms. The highest BCUT2D eigenvalue weighted by atomic mass is 16.4. The van der Waals surface area contributed by atoms with E-state index in [1.165, 1.54) is 44.9 Å². The van der Waals surface area contributed by atoms with E-state index in [9.17, 15) is 4.79 Å². The Morgan fingerprint density at radius 1 is 0.864 bits per heavy atom. The van der Waals surface area contributed by atoms with Crippen LogP contribution < -0.4 is 0 Å². The smallest absolute Gasteiger partial charge is 0.303 e. The van der Waals surface area contributed by atoms with E-state index in [0.717, 1.165) is 32.1 Å². The van der Waals surface area contributed by atoms with Gasteiger partial charge in [-0.25, -0.2) is 0 Å². The van der Waals surface area contributed by atoms with E-state index in [1.807, 2.05) is 0 Å². The zero-order valence-corrected chi connectivity index (χ0v) is 15.2. The van der Waals surface area contributed by atoms with Gasteiger partial charge >= 0.3 is 5.97 Å². The largest absolute Gasteiger partial charge is 0.481 e. The van der Waals surface area contributed by atoms with Crippen molar-refractivity contribution < 1.29 is 9.90 Å². The summed E-state index contributed by atoms with van der Waals surface area (Å²) in [6.45, 7) is 6.66. The van der Waals surface area contributed by atoms with Crippen LogP contribution >= 0.6 is 0 Å². The molecule has 0 unspecified atom stereocenters. The predicted octanol–water partition coefficient (Wildman–Crippen LogP) is 6.74. The fraction of sp³-hybridized carbons (Fsp3) is 0.850. The van der Waals surface area contributed by atoms with Gasteiger partial charge in [-0.2, -0.15) is 0 Å². The summed E-state index contributed by atoms with van der Waals surface area (Å²) in [6, 6.07) is 0. The molecule has 0 rings (SSSR count). The molecule has 0 atom stereocenters. The molecule has 0 aromatic heterocycles. The maximum absolute atomic E-state index is 10.8. The minimum Gasteiger partial charge on any atom is -0.481 e. The highest BCUT2D eigenvalue weighted by molar-refractivity contribution is 5.66. The molecule has 1 N–H and O–H groups in total. The fourth-order valence-electron chi connectivity index (χ4n) is 3.15. The van der Waals surface area contributed by atoms with Gasteiger partial charge in [0.25, 0.3) is 0 Å². The number of carboxylic acid groups (broad SMARTS) is 1. The van der Waals surface area contributed by atoms with Gasteiger partial charge in [0.2, 0.25) is 0 Å². The lowest BCUT2D eigenvalue weighted by Crippen LogP contribution is -2.20. The Bertz CT molecular complexity index is 290. The van der Waals surface area contributed by atoms with Crippen LogP contribution in [-0.4, -0.2) is 11.1 Å². The van der Waals surface area contributed by atoms with E-state index in [2.05, 4.69) is 32.9 Å². The van der Waals surface area contributed by atoms with Crippen LogP contribution in [0.5, 0.6) is 0 Å². The lowest BCUT2D eigenvalue weighted by molar-refractivity contribution is -0.137. The first-order valence-corrected chi connectivity index (χ1v) is 9.47. The van der Waals surface area contributed by atoms with Crippen molar-refractivity contribution in [2.24, 2.45) is 5.41 Å². The van der Waals surface area contributed by atoms with Gasteiger partial charge < -0.3 is 5.11 Å². The summed E-state index contributed by atoms with van der Waals surface area (Å²) in [7, 11) is 0. The molecule has 0 aliphatic carbocycles. The van der Waals surface area contributed by atoms with Crippen LogP contribution in [0.2, 0.25) is 0 Å². The molecule has 22 heavy (non-hydrogen) atoms. The van der Waals surface area contributed by atoms with E-state index in [-0.39, 0.29) is 5.41 Å². The molecule has 0 amide bonds. The molecule has 0 heterocycles. The van der Waals surface area contributed by atoms with Gasteiger partial charge in [0.15, 0.2) is 0 Å². The molecular weight excluding hydrogens is 272 g/mol. The molecule has 0 aliphatic heterocycles. The second kappa shape index (κ2) is 13.8. The Morgan fingerprint density at radius 3 is 2.00 bits per heavy atom. The molecular formula is C20H38O2. The lowest BCUT2D eigenvalue weighted by Gasteiger charge is -2.31. The van der Waals surface area contributed by atoms with Crippen LogP contribution in [0, 0.1) is 5.41 Å². The standard InChI is InChI=1S/C20H38O2/c1-4-7-8-9-10-11-12-13-14-15-17-20(5-2,6-3)18-16-19(21)22/h12-13H,4-11,14-18H2,1-3H3,(H,21,22). The third-order valence-corrected chi connectivity index (χ3v) is 5.09. The topological polar surface area (TPSA) is 37.3 Å². The highest BCUT2D eigenvalue weighted by Crippen LogP contribution is 2.37. The quantitative estimate of drug-likeness (QED) is 0.268. The molecule has 0 fully saturated rings. The SMILES string of the molecule is CCCCCCCC=CCCCC(CC)(CC)CCC(=O)O. The molecule has 2 nitrogen and oxygen atoms in total. The number of rotatable bonds is 15. The summed E-state index contributed by atoms with van der Waals surface area (Å²) in [5.41, 5.74) is 0.242. The minimum atomic E-state index is -0.658. The van der Waals surface area contributed by atoms with Crippen molar-refractivity contribution >= 4 is 5.97 Å². The molecule has 130 valence electrons. The van der Waals surface area contributed by atoms with E-state index in [1.54, 1.807) is 0 Å². The fourth-order valence-corrected chi connectivity index (χ4v) is 3.15. The number of hydrogen-bond donors (Lipinski definition) is 1. The Morgan fingerprint density at radius 2 is 1.45 bits per heavy atom. The zero-order valence-electron chi connectivity index (χ0n) is 15.2. The molecule has 0 spiro atoms. The van der Waals surface area contributed by atoms with Crippen molar-refractivity contribution in [1.82, 2.24) is 0 Å². The maximum Gasteiger partial charge on any atom is 0.303 e. The average molecular weight is 311 g/mol. The lowest BCUT2D eigenvalue weighted by atomic mass is 9.74. The summed E-state index contributed by atoms with van der Waals surface area (Å²) in [4.78, 5) is 10.8. The first-order valence-electron chi connectivity index (χ1n) is 9.47. The van der Waals surface area contributed by atoms with E-state index < -0.39 is 5.97 Å². The molecule has 2 heteroatoms. The summed E-state index contributed by atoms with van der Waals surface area (Å²) in [6.07, 6.45) is 19.5. The van der Waals surface area contributed by atoms with Crippen LogP contribution in [0.3, 0.4) is 0 Å². The van der Waals surface area contributed by atoms with Crippen LogP contribution in [0.4, 0.5) is 0 Å². The van der Waals surface area contributed by atoms with Crippen molar-refractivity contribution in [3.63, 3.8) is 0 Å². The number of unbranched alkanes of at least 4 members (excludes halogenated alkanes) is 6. The van der Waals surface area contributed by atoms with Crippen LogP contribution in [0.15, 0.2) is 12.2 Å². The molecule has 0 radical (unpaired) electrons. The van der Waals surface area contributed by atoms with Gasteiger partial charge in [-0.05, 0) is 43.9 Å². The Balaban J connectivity index is 3.81. The summed E-state index contributed by atoms with van der Waals surface area (Å²) >= 11 is 0. The van der Waals surface area contributed by atoms with Crippen molar-refractivity contribution in [3.8, 4) is 0 Å². The first-order chi connectivity index (χ1) is 10.6. The first kappa shape index (κ1) is 21.2. The van der Waals surface area contributed by atoms with E-state index in [4.69, 9.17) is 5.11 Å². The van der Waals surface area contributed by atoms with Gasteiger partial charge in [0.1, 0.15) is 0 Å². The predicted molar refractivity (Wildman–Crippen MR) is 96.3 cm³/mol. The summed E-state index contributed by atoms with van der Waals surface area (Å²) in [5.74, 6) is -0.658. The van der Waals surface area contributed by atoms with Gasteiger partial charge in [0.05, 0.1) is 0 Å². The normalized spacial score (nSPS) is 12.1. The number of hydrogen-bond acceptors (Lipinski definition) is 1. The minimum absolute atomic E-state index is 0.242. The molecule has 0 saturated heterocycles. The Hall–Kier alpha value is -0.790. The second-order valence-corrected chi connectivity index (χ2v) is 6.67. The monoisotopic (exact) mass is 310 g/mol. The third kappa shape index (κ3) is 10.9. The van der Waals surface area contributed by atoms with Crippen LogP contribution in [0.1, 0.15) is 104 Å². The molecule has 0 aliphatic rings. The summed E-state index contributed by atoms with van der Waals surface area (Å²) < 4.78 is 0. The molecule has 0 aromatic carbocycles. The van der Waals surface area contributed by atoms with E-state index in [0.29, 0.717) is 6.42 Å². The van der Waals surface area contributed by atoms with Crippen molar-refractivity contribution in [2.45, 2.75) is 104 Å². The number of carboxylic acids is 1.